The normalized spacial score (nSPS) is 31.9. The number of aliphatic carboxylic acids is 1. The van der Waals surface area contributed by atoms with Crippen LogP contribution in [-0.2, 0) is 11.2 Å². The van der Waals surface area contributed by atoms with E-state index in [1.165, 1.54) is 24.0 Å². The fourth-order valence-corrected chi connectivity index (χ4v) is 3.18. The van der Waals surface area contributed by atoms with E-state index in [2.05, 4.69) is 24.3 Å². The summed E-state index contributed by atoms with van der Waals surface area (Å²) in [5, 5.41) is 9.00. The molecule has 2 aliphatic rings. The minimum Gasteiger partial charge on any atom is -0.481 e. The number of hydrogen-bond acceptors (Lipinski definition) is 1. The van der Waals surface area contributed by atoms with Gasteiger partial charge in [-0.05, 0) is 48.6 Å². The number of carboxylic acids is 1. The van der Waals surface area contributed by atoms with Crippen LogP contribution in [0, 0.1) is 11.8 Å². The largest absolute Gasteiger partial charge is 0.481 e. The third-order valence-electron chi connectivity index (χ3n) is 4.09. The first-order valence-electron chi connectivity index (χ1n) is 6.08. The summed E-state index contributed by atoms with van der Waals surface area (Å²) in [6.07, 6.45) is 4.43. The maximum Gasteiger partial charge on any atom is 0.306 e. The van der Waals surface area contributed by atoms with Crippen LogP contribution in [0.25, 0.3) is 0 Å². The molecule has 0 aliphatic heterocycles. The number of aryl methyl sites for hydroxylation is 1. The molecule has 1 fully saturated rings. The Morgan fingerprint density at radius 2 is 2.12 bits per heavy atom. The molecule has 16 heavy (non-hydrogen) atoms. The van der Waals surface area contributed by atoms with Gasteiger partial charge in [-0.15, -0.1) is 0 Å². The van der Waals surface area contributed by atoms with E-state index in [1.807, 2.05) is 0 Å². The molecule has 0 radical (unpaired) electrons. The Bertz CT molecular complexity index is 424. The minimum absolute atomic E-state index is 0.0730. The highest BCUT2D eigenvalue weighted by atomic mass is 16.4. The lowest BCUT2D eigenvalue weighted by Crippen LogP contribution is -2.13. The zero-order valence-electron chi connectivity index (χ0n) is 9.23. The van der Waals surface area contributed by atoms with Crippen LogP contribution < -0.4 is 0 Å². The molecule has 3 unspecified atom stereocenters. The molecule has 1 aromatic rings. The summed E-state index contributed by atoms with van der Waals surface area (Å²) < 4.78 is 0. The van der Waals surface area contributed by atoms with Gasteiger partial charge >= 0.3 is 5.97 Å². The SMILES string of the molecule is O=C(O)C1CC1C1CCCc2ccccc21. The third-order valence-corrected chi connectivity index (χ3v) is 4.09. The molecule has 0 spiro atoms. The molecule has 3 atom stereocenters. The molecule has 1 N–H and O–H groups in total. The van der Waals surface area contributed by atoms with E-state index in [0.29, 0.717) is 11.8 Å². The van der Waals surface area contributed by atoms with Crippen molar-refractivity contribution in [3.8, 4) is 0 Å². The zero-order valence-corrected chi connectivity index (χ0v) is 9.23. The number of carbonyl (C=O) groups is 1. The molecule has 0 bridgehead atoms. The molecular weight excluding hydrogens is 200 g/mol. The maximum atomic E-state index is 10.9. The molecule has 2 aliphatic carbocycles. The molecular formula is C14H16O2. The Balaban J connectivity index is 1.86. The van der Waals surface area contributed by atoms with Gasteiger partial charge in [-0.3, -0.25) is 4.79 Å². The average molecular weight is 216 g/mol. The highest BCUT2D eigenvalue weighted by Gasteiger charge is 2.48. The van der Waals surface area contributed by atoms with E-state index in [1.54, 1.807) is 0 Å². The summed E-state index contributed by atoms with van der Waals surface area (Å²) in [5.74, 6) is 0.231. The number of fused-ring (bicyclic) bond motifs is 1. The Morgan fingerprint density at radius 3 is 2.88 bits per heavy atom. The molecule has 84 valence electrons. The highest BCUT2D eigenvalue weighted by molar-refractivity contribution is 5.73. The van der Waals surface area contributed by atoms with Crippen molar-refractivity contribution in [3.05, 3.63) is 35.4 Å². The van der Waals surface area contributed by atoms with Crippen LogP contribution in [0.2, 0.25) is 0 Å². The summed E-state index contributed by atoms with van der Waals surface area (Å²) >= 11 is 0. The smallest absolute Gasteiger partial charge is 0.306 e. The molecule has 2 nitrogen and oxygen atoms in total. The second kappa shape index (κ2) is 3.62. The summed E-state index contributed by atoms with van der Waals surface area (Å²) in [7, 11) is 0. The van der Waals surface area contributed by atoms with Crippen LogP contribution in [0.4, 0.5) is 0 Å². The summed E-state index contributed by atoms with van der Waals surface area (Å²) in [4.78, 5) is 10.9. The lowest BCUT2D eigenvalue weighted by Gasteiger charge is -2.25. The molecule has 0 saturated heterocycles. The molecule has 2 heteroatoms. The molecule has 0 heterocycles. The van der Waals surface area contributed by atoms with Crippen molar-refractivity contribution < 1.29 is 9.90 Å². The van der Waals surface area contributed by atoms with Crippen LogP contribution in [0.15, 0.2) is 24.3 Å². The van der Waals surface area contributed by atoms with Crippen molar-refractivity contribution in [1.82, 2.24) is 0 Å². The van der Waals surface area contributed by atoms with Gasteiger partial charge in [-0.2, -0.15) is 0 Å². The van der Waals surface area contributed by atoms with Gasteiger partial charge in [0.1, 0.15) is 0 Å². The van der Waals surface area contributed by atoms with Crippen molar-refractivity contribution in [2.75, 3.05) is 0 Å². The van der Waals surface area contributed by atoms with E-state index < -0.39 is 5.97 Å². The van der Waals surface area contributed by atoms with Gasteiger partial charge in [0.2, 0.25) is 0 Å². The number of benzene rings is 1. The van der Waals surface area contributed by atoms with Gasteiger partial charge in [0.25, 0.3) is 0 Å². The Labute approximate surface area is 95.3 Å². The second-order valence-corrected chi connectivity index (χ2v) is 5.04. The topological polar surface area (TPSA) is 37.3 Å². The summed E-state index contributed by atoms with van der Waals surface area (Å²) in [6.45, 7) is 0. The van der Waals surface area contributed by atoms with Crippen LogP contribution in [0.1, 0.15) is 36.3 Å². The molecule has 1 saturated carbocycles. The monoisotopic (exact) mass is 216 g/mol. The molecule has 3 rings (SSSR count). The predicted molar refractivity (Wildman–Crippen MR) is 61.4 cm³/mol. The van der Waals surface area contributed by atoms with Crippen molar-refractivity contribution in [3.63, 3.8) is 0 Å². The van der Waals surface area contributed by atoms with Crippen LogP contribution in [0.3, 0.4) is 0 Å². The molecule has 0 aromatic heterocycles. The third kappa shape index (κ3) is 1.53. The first-order chi connectivity index (χ1) is 7.77. The summed E-state index contributed by atoms with van der Waals surface area (Å²) in [6, 6.07) is 8.55. The van der Waals surface area contributed by atoms with Crippen LogP contribution >= 0.6 is 0 Å². The lowest BCUT2D eigenvalue weighted by atomic mass is 9.79. The van der Waals surface area contributed by atoms with E-state index in [-0.39, 0.29) is 5.92 Å². The number of carboxylic acid groups (broad SMARTS) is 1. The van der Waals surface area contributed by atoms with Crippen LogP contribution in [-0.4, -0.2) is 11.1 Å². The fourth-order valence-electron chi connectivity index (χ4n) is 3.18. The maximum absolute atomic E-state index is 10.9. The van der Waals surface area contributed by atoms with Gasteiger partial charge in [-0.1, -0.05) is 24.3 Å². The predicted octanol–water partition coefficient (Wildman–Crippen LogP) is 2.83. The average Bonchev–Trinajstić information content (AvgIpc) is 3.08. The van der Waals surface area contributed by atoms with E-state index in [4.69, 9.17) is 5.11 Å². The zero-order chi connectivity index (χ0) is 11.1. The van der Waals surface area contributed by atoms with Crippen molar-refractivity contribution in [1.29, 1.82) is 0 Å². The van der Waals surface area contributed by atoms with Gasteiger partial charge in [-0.25, -0.2) is 0 Å². The van der Waals surface area contributed by atoms with Crippen LogP contribution in [0.5, 0.6) is 0 Å². The highest BCUT2D eigenvalue weighted by Crippen LogP contribution is 2.52. The molecule has 0 amide bonds. The first-order valence-corrected chi connectivity index (χ1v) is 6.08. The van der Waals surface area contributed by atoms with Gasteiger partial charge < -0.3 is 5.11 Å². The van der Waals surface area contributed by atoms with Crippen molar-refractivity contribution in [2.24, 2.45) is 11.8 Å². The minimum atomic E-state index is -0.604. The fraction of sp³-hybridized carbons (Fsp3) is 0.500. The lowest BCUT2D eigenvalue weighted by molar-refractivity contribution is -0.138. The number of hydrogen-bond donors (Lipinski definition) is 1. The van der Waals surface area contributed by atoms with Gasteiger partial charge in [0, 0.05) is 0 Å². The van der Waals surface area contributed by atoms with Crippen molar-refractivity contribution >= 4 is 5.97 Å². The van der Waals surface area contributed by atoms with E-state index >= 15 is 0 Å². The standard InChI is InChI=1S/C14H16O2/c15-14(16)13-8-12(13)11-7-3-5-9-4-1-2-6-10(9)11/h1-2,4,6,11-13H,3,5,7-8H2,(H,15,16). The van der Waals surface area contributed by atoms with E-state index in [0.717, 1.165) is 12.8 Å². The summed E-state index contributed by atoms with van der Waals surface area (Å²) in [5.41, 5.74) is 2.86. The Morgan fingerprint density at radius 1 is 1.31 bits per heavy atom. The second-order valence-electron chi connectivity index (χ2n) is 5.04. The van der Waals surface area contributed by atoms with Gasteiger partial charge in [0.15, 0.2) is 0 Å². The van der Waals surface area contributed by atoms with E-state index in [9.17, 15) is 4.79 Å². The molecule has 1 aromatic carbocycles. The number of rotatable bonds is 2. The first kappa shape index (κ1) is 9.88. The van der Waals surface area contributed by atoms with Crippen molar-refractivity contribution in [2.45, 2.75) is 31.6 Å². The Kier molecular flexibility index (Phi) is 2.23. The quantitative estimate of drug-likeness (QED) is 0.825. The van der Waals surface area contributed by atoms with Gasteiger partial charge in [0.05, 0.1) is 5.92 Å². The Hall–Kier alpha value is -1.31.